The van der Waals surface area contributed by atoms with E-state index in [2.05, 4.69) is 10.2 Å². The van der Waals surface area contributed by atoms with E-state index in [4.69, 9.17) is 4.98 Å². The lowest BCUT2D eigenvalue weighted by molar-refractivity contribution is -0.148. The van der Waals surface area contributed by atoms with Crippen LogP contribution in [0.3, 0.4) is 0 Å². The smallest absolute Gasteiger partial charge is 0.329 e. The number of nitrogens with zero attached hydrogens (tertiary/aromatic N) is 4. The number of hydrogen-bond donors (Lipinski definition) is 2. The molecule has 9 nitrogen and oxygen atoms in total. The van der Waals surface area contributed by atoms with Crippen LogP contribution >= 0.6 is 0 Å². The average Bonchev–Trinajstić information content (AvgIpc) is 3.17. The van der Waals surface area contributed by atoms with Gasteiger partial charge in [-0.25, -0.2) is 9.78 Å². The third-order valence-electron chi connectivity index (χ3n) is 10.1. The van der Waals surface area contributed by atoms with E-state index in [1.54, 1.807) is 0 Å². The van der Waals surface area contributed by atoms with Crippen LogP contribution < -0.4 is 15.8 Å². The number of nitrogens with one attached hydrogen (secondary N) is 1. The van der Waals surface area contributed by atoms with E-state index in [0.717, 1.165) is 23.9 Å². The minimum absolute atomic E-state index is 0.0788. The summed E-state index contributed by atoms with van der Waals surface area (Å²) in [6.45, 7) is 2.04. The van der Waals surface area contributed by atoms with Crippen molar-refractivity contribution in [2.45, 2.75) is 120 Å². The molecule has 1 saturated carbocycles. The van der Waals surface area contributed by atoms with E-state index in [0.29, 0.717) is 37.0 Å². The largest absolute Gasteiger partial charge is 0.480 e. The number of rotatable bonds is 5. The second-order valence-electron chi connectivity index (χ2n) is 12.6. The van der Waals surface area contributed by atoms with Crippen molar-refractivity contribution in [3.63, 3.8) is 0 Å². The number of carboxylic acid groups (broad SMARTS) is 1. The van der Waals surface area contributed by atoms with Crippen molar-refractivity contribution >= 4 is 28.7 Å². The van der Waals surface area contributed by atoms with Crippen LogP contribution in [0, 0.1) is 0 Å². The number of benzene rings is 1. The maximum absolute atomic E-state index is 14.2. The molecule has 1 aromatic heterocycles. The normalized spacial score (nSPS) is 27.7. The van der Waals surface area contributed by atoms with E-state index in [1.807, 2.05) is 33.7 Å². The van der Waals surface area contributed by atoms with Crippen molar-refractivity contribution in [1.82, 2.24) is 19.8 Å². The zero-order chi connectivity index (χ0) is 27.9. The predicted molar refractivity (Wildman–Crippen MR) is 155 cm³/mol. The molecule has 40 heavy (non-hydrogen) atoms. The van der Waals surface area contributed by atoms with Gasteiger partial charge in [-0.2, -0.15) is 0 Å². The highest BCUT2D eigenvalue weighted by Gasteiger charge is 2.46. The highest BCUT2D eigenvalue weighted by Crippen LogP contribution is 2.44. The molecule has 1 aromatic carbocycles. The number of aromatic nitrogens is 2. The van der Waals surface area contributed by atoms with Crippen LogP contribution in [0.15, 0.2) is 29.1 Å². The Morgan fingerprint density at radius 2 is 1.52 bits per heavy atom. The van der Waals surface area contributed by atoms with Crippen LogP contribution in [-0.4, -0.2) is 68.2 Å². The van der Waals surface area contributed by atoms with Crippen molar-refractivity contribution in [3.8, 4) is 0 Å². The van der Waals surface area contributed by atoms with Crippen LogP contribution in [0.4, 0.5) is 5.82 Å². The summed E-state index contributed by atoms with van der Waals surface area (Å²) in [5, 5.41) is 12.5. The lowest BCUT2D eigenvalue weighted by Gasteiger charge is -2.45. The molecule has 6 rings (SSSR count). The standard InChI is InChI=1S/C31H43N5O4/c1-21(37)33-31(30(39)40)15-17-34(18-16-31)28-29(38)36(27-12-8-7-11-26(27)32-28)25-19-23-13-14-24(20-25)35(23)22-9-5-3-2-4-6-10-22/h7-8,11-12,22-25H,2-6,9-10,13-20H2,1H3,(H,33,37)(H,39,40)/t23-,24+,25?. The van der Waals surface area contributed by atoms with E-state index in [-0.39, 0.29) is 30.3 Å². The second-order valence-corrected chi connectivity index (χ2v) is 12.6. The number of piperidine rings is 2. The highest BCUT2D eigenvalue weighted by atomic mass is 16.4. The molecule has 1 amide bonds. The Labute approximate surface area is 235 Å². The highest BCUT2D eigenvalue weighted by molar-refractivity contribution is 5.86. The van der Waals surface area contributed by atoms with Gasteiger partial charge in [-0.15, -0.1) is 0 Å². The second kappa shape index (κ2) is 11.1. The molecule has 2 bridgehead atoms. The summed E-state index contributed by atoms with van der Waals surface area (Å²) in [6.07, 6.45) is 14.3. The van der Waals surface area contributed by atoms with Gasteiger partial charge in [0.05, 0.1) is 11.0 Å². The number of carbonyl (C=O) groups excluding carboxylic acids is 1. The third kappa shape index (κ3) is 5.01. The topological polar surface area (TPSA) is 108 Å². The number of hydrogen-bond acceptors (Lipinski definition) is 6. The fourth-order valence-corrected chi connectivity index (χ4v) is 8.26. The van der Waals surface area contributed by atoms with Crippen molar-refractivity contribution in [1.29, 1.82) is 0 Å². The molecule has 4 heterocycles. The molecule has 2 aromatic rings. The Kier molecular flexibility index (Phi) is 7.59. The van der Waals surface area contributed by atoms with E-state index < -0.39 is 11.5 Å². The maximum atomic E-state index is 14.2. The van der Waals surface area contributed by atoms with Gasteiger partial charge in [0, 0.05) is 44.2 Å². The van der Waals surface area contributed by atoms with Crippen molar-refractivity contribution < 1.29 is 14.7 Å². The summed E-state index contributed by atoms with van der Waals surface area (Å²) in [5.41, 5.74) is 0.296. The molecule has 1 aliphatic carbocycles. The molecular weight excluding hydrogens is 506 g/mol. The molecule has 3 atom stereocenters. The molecule has 2 N–H and O–H groups in total. The molecule has 216 valence electrons. The monoisotopic (exact) mass is 549 g/mol. The first-order valence-electron chi connectivity index (χ1n) is 15.4. The van der Waals surface area contributed by atoms with E-state index in [1.165, 1.54) is 64.7 Å². The maximum Gasteiger partial charge on any atom is 0.329 e. The van der Waals surface area contributed by atoms with Gasteiger partial charge in [0.25, 0.3) is 5.56 Å². The van der Waals surface area contributed by atoms with Crippen molar-refractivity contribution in [2.75, 3.05) is 18.0 Å². The predicted octanol–water partition coefficient (Wildman–Crippen LogP) is 4.24. The molecule has 3 saturated heterocycles. The SMILES string of the molecule is CC(=O)NC1(C(=O)O)CCN(c2nc3ccccc3n(C3C[C@H]4CC[C@@H](C3)N4C3CCCCCCC3)c2=O)CC1. The Balaban J connectivity index is 1.28. The molecule has 4 fully saturated rings. The molecule has 4 aliphatic rings. The first-order valence-corrected chi connectivity index (χ1v) is 15.4. The lowest BCUT2D eigenvalue weighted by atomic mass is 9.87. The number of carbonyl (C=O) groups is 2. The first kappa shape index (κ1) is 27.2. The first-order chi connectivity index (χ1) is 19.4. The molecule has 3 aliphatic heterocycles. The van der Waals surface area contributed by atoms with Gasteiger partial charge < -0.3 is 19.9 Å². The zero-order valence-electron chi connectivity index (χ0n) is 23.7. The molecule has 0 spiro atoms. The summed E-state index contributed by atoms with van der Waals surface area (Å²) in [4.78, 5) is 47.6. The summed E-state index contributed by atoms with van der Waals surface area (Å²) < 4.78 is 2.02. The summed E-state index contributed by atoms with van der Waals surface area (Å²) >= 11 is 0. The van der Waals surface area contributed by atoms with Gasteiger partial charge in [0.1, 0.15) is 5.54 Å². The van der Waals surface area contributed by atoms with Gasteiger partial charge >= 0.3 is 5.97 Å². The zero-order valence-corrected chi connectivity index (χ0v) is 23.7. The Bertz CT molecular complexity index is 1290. The molecule has 0 radical (unpaired) electrons. The number of aliphatic carboxylic acids is 1. The lowest BCUT2D eigenvalue weighted by Crippen LogP contribution is -2.60. The molecule has 1 unspecified atom stereocenters. The van der Waals surface area contributed by atoms with Gasteiger partial charge in [-0.1, -0.05) is 44.2 Å². The minimum atomic E-state index is -1.30. The summed E-state index contributed by atoms with van der Waals surface area (Å²) in [7, 11) is 0. The van der Waals surface area contributed by atoms with E-state index >= 15 is 0 Å². The Morgan fingerprint density at radius 1 is 0.900 bits per heavy atom. The molecule has 9 heteroatoms. The Morgan fingerprint density at radius 3 is 2.15 bits per heavy atom. The number of para-hydroxylation sites is 2. The fourth-order valence-electron chi connectivity index (χ4n) is 8.26. The number of anilines is 1. The van der Waals surface area contributed by atoms with E-state index in [9.17, 15) is 19.5 Å². The van der Waals surface area contributed by atoms with Crippen molar-refractivity contribution in [3.05, 3.63) is 34.6 Å². The number of fused-ring (bicyclic) bond motifs is 3. The fraction of sp³-hybridized carbons (Fsp3) is 0.677. The van der Waals surface area contributed by atoms with Crippen molar-refractivity contribution in [2.24, 2.45) is 0 Å². The minimum Gasteiger partial charge on any atom is -0.480 e. The average molecular weight is 550 g/mol. The van der Waals surface area contributed by atoms with Crippen LogP contribution in [0.1, 0.15) is 96.4 Å². The Hall–Kier alpha value is -2.94. The van der Waals surface area contributed by atoms with Crippen LogP contribution in [0.5, 0.6) is 0 Å². The molecular formula is C31H43N5O4. The van der Waals surface area contributed by atoms with Crippen LogP contribution in [0.25, 0.3) is 11.0 Å². The third-order valence-corrected chi connectivity index (χ3v) is 10.1. The van der Waals surface area contributed by atoms with Gasteiger partial charge in [0.2, 0.25) is 5.91 Å². The van der Waals surface area contributed by atoms with Gasteiger partial charge in [-0.05, 0) is 63.5 Å². The van der Waals surface area contributed by atoms with Crippen LogP contribution in [0.2, 0.25) is 0 Å². The quantitative estimate of drug-likeness (QED) is 0.575. The number of amides is 1. The van der Waals surface area contributed by atoms with Gasteiger partial charge in [-0.3, -0.25) is 14.5 Å². The number of carboxylic acids is 1. The summed E-state index contributed by atoms with van der Waals surface area (Å²) in [6, 6.07) is 9.79. The van der Waals surface area contributed by atoms with Gasteiger partial charge in [0.15, 0.2) is 5.82 Å². The van der Waals surface area contributed by atoms with Crippen LogP contribution in [-0.2, 0) is 9.59 Å². The summed E-state index contributed by atoms with van der Waals surface area (Å²) in [5.74, 6) is -0.990.